The van der Waals surface area contributed by atoms with Crippen LogP contribution in [0, 0.1) is 6.92 Å². The van der Waals surface area contributed by atoms with E-state index in [-0.39, 0.29) is 16.0 Å². The van der Waals surface area contributed by atoms with Gasteiger partial charge in [-0.3, -0.25) is 0 Å². The molecule has 1 aromatic rings. The predicted octanol–water partition coefficient (Wildman–Crippen LogP) is 1.35. The van der Waals surface area contributed by atoms with E-state index in [4.69, 9.17) is 9.84 Å². The number of carboxylic acid groups (broad SMARTS) is 1. The van der Waals surface area contributed by atoms with Gasteiger partial charge in [-0.05, 0) is 31.0 Å². The van der Waals surface area contributed by atoms with Crippen molar-refractivity contribution in [3.8, 4) is 0 Å². The SMILES string of the molecule is COCCCN(C)S(=O)(=O)c1cccc(C(=O)O)c1C. The quantitative estimate of drug-likeness (QED) is 0.769. The number of rotatable bonds is 7. The van der Waals surface area contributed by atoms with E-state index in [2.05, 4.69) is 0 Å². The summed E-state index contributed by atoms with van der Waals surface area (Å²) in [6.45, 7) is 2.28. The minimum absolute atomic E-state index is 0.00336. The van der Waals surface area contributed by atoms with Crippen LogP contribution in [0.15, 0.2) is 23.1 Å². The number of carboxylic acids is 1. The number of ether oxygens (including phenoxy) is 1. The van der Waals surface area contributed by atoms with Gasteiger partial charge in [0, 0.05) is 27.3 Å². The van der Waals surface area contributed by atoms with Crippen LogP contribution < -0.4 is 0 Å². The maximum atomic E-state index is 12.4. The number of methoxy groups -OCH3 is 1. The van der Waals surface area contributed by atoms with E-state index in [1.807, 2.05) is 0 Å². The number of nitrogens with zero attached hydrogens (tertiary/aromatic N) is 1. The molecule has 112 valence electrons. The van der Waals surface area contributed by atoms with E-state index in [1.165, 1.54) is 36.5 Å². The van der Waals surface area contributed by atoms with Crippen molar-refractivity contribution in [2.45, 2.75) is 18.2 Å². The molecule has 0 saturated carbocycles. The molecule has 20 heavy (non-hydrogen) atoms. The van der Waals surface area contributed by atoms with Gasteiger partial charge < -0.3 is 9.84 Å². The molecule has 0 heterocycles. The van der Waals surface area contributed by atoms with E-state index in [9.17, 15) is 13.2 Å². The Morgan fingerprint density at radius 3 is 2.60 bits per heavy atom. The number of aromatic carboxylic acids is 1. The first-order chi connectivity index (χ1) is 9.32. The summed E-state index contributed by atoms with van der Waals surface area (Å²) in [5.74, 6) is -1.14. The zero-order chi connectivity index (χ0) is 15.3. The zero-order valence-corrected chi connectivity index (χ0v) is 12.6. The Labute approximate surface area is 119 Å². The van der Waals surface area contributed by atoms with E-state index < -0.39 is 16.0 Å². The molecule has 0 atom stereocenters. The van der Waals surface area contributed by atoms with E-state index in [0.717, 1.165) is 0 Å². The van der Waals surface area contributed by atoms with Crippen LogP contribution in [-0.4, -0.2) is 51.1 Å². The van der Waals surface area contributed by atoms with Gasteiger partial charge in [-0.1, -0.05) is 6.07 Å². The number of hydrogen-bond donors (Lipinski definition) is 1. The topological polar surface area (TPSA) is 83.9 Å². The second-order valence-corrected chi connectivity index (χ2v) is 6.42. The fraction of sp³-hybridized carbons (Fsp3) is 0.462. The van der Waals surface area contributed by atoms with Crippen LogP contribution in [0.5, 0.6) is 0 Å². The van der Waals surface area contributed by atoms with Gasteiger partial charge in [-0.25, -0.2) is 17.5 Å². The lowest BCUT2D eigenvalue weighted by Gasteiger charge is -2.19. The fourth-order valence-electron chi connectivity index (χ4n) is 1.85. The summed E-state index contributed by atoms with van der Waals surface area (Å²) in [6, 6.07) is 4.25. The van der Waals surface area contributed by atoms with Crippen LogP contribution >= 0.6 is 0 Å². The molecule has 0 spiro atoms. The van der Waals surface area contributed by atoms with Crippen LogP contribution in [0.1, 0.15) is 22.3 Å². The van der Waals surface area contributed by atoms with E-state index >= 15 is 0 Å². The zero-order valence-electron chi connectivity index (χ0n) is 11.8. The summed E-state index contributed by atoms with van der Waals surface area (Å²) < 4.78 is 30.9. The molecule has 0 radical (unpaired) electrons. The minimum Gasteiger partial charge on any atom is -0.478 e. The van der Waals surface area contributed by atoms with Gasteiger partial charge in [-0.2, -0.15) is 0 Å². The van der Waals surface area contributed by atoms with Crippen LogP contribution in [0.3, 0.4) is 0 Å². The van der Waals surface area contributed by atoms with Crippen molar-refractivity contribution >= 4 is 16.0 Å². The first-order valence-corrected chi connectivity index (χ1v) is 7.54. The molecule has 0 unspecified atom stereocenters. The highest BCUT2D eigenvalue weighted by Gasteiger charge is 2.24. The Balaban J connectivity index is 3.10. The van der Waals surface area contributed by atoms with Crippen molar-refractivity contribution < 1.29 is 23.1 Å². The number of hydrogen-bond acceptors (Lipinski definition) is 4. The van der Waals surface area contributed by atoms with Crippen LogP contribution in [0.25, 0.3) is 0 Å². The highest BCUT2D eigenvalue weighted by atomic mass is 32.2. The van der Waals surface area contributed by atoms with Gasteiger partial charge in [0.2, 0.25) is 10.0 Å². The molecule has 7 heteroatoms. The first-order valence-electron chi connectivity index (χ1n) is 6.10. The highest BCUT2D eigenvalue weighted by molar-refractivity contribution is 7.89. The normalized spacial score (nSPS) is 11.8. The lowest BCUT2D eigenvalue weighted by Crippen LogP contribution is -2.29. The summed E-state index contributed by atoms with van der Waals surface area (Å²) in [5.41, 5.74) is 0.245. The van der Waals surface area contributed by atoms with Crippen LogP contribution in [-0.2, 0) is 14.8 Å². The molecule has 0 aliphatic rings. The van der Waals surface area contributed by atoms with Crippen molar-refractivity contribution in [1.29, 1.82) is 0 Å². The van der Waals surface area contributed by atoms with Gasteiger partial charge in [0.25, 0.3) is 0 Å². The Hall–Kier alpha value is -1.44. The molecule has 1 N–H and O–H groups in total. The van der Waals surface area contributed by atoms with Crippen molar-refractivity contribution in [1.82, 2.24) is 4.31 Å². The third-order valence-electron chi connectivity index (χ3n) is 3.02. The maximum Gasteiger partial charge on any atom is 0.335 e. The first kappa shape index (κ1) is 16.6. The second kappa shape index (κ2) is 6.83. The molecule has 0 amide bonds. The van der Waals surface area contributed by atoms with Crippen LogP contribution in [0.4, 0.5) is 0 Å². The van der Waals surface area contributed by atoms with Gasteiger partial charge >= 0.3 is 5.97 Å². The average molecular weight is 301 g/mol. The summed E-state index contributed by atoms with van der Waals surface area (Å²) in [4.78, 5) is 11.1. The molecule has 1 rings (SSSR count). The van der Waals surface area contributed by atoms with Crippen molar-refractivity contribution in [3.63, 3.8) is 0 Å². The van der Waals surface area contributed by atoms with Gasteiger partial charge in [0.1, 0.15) is 0 Å². The minimum atomic E-state index is -3.69. The number of benzene rings is 1. The Bertz CT molecular complexity index is 582. The molecule has 0 fully saturated rings. The molecule has 1 aromatic carbocycles. The number of carbonyl (C=O) groups is 1. The standard InChI is InChI=1S/C13H19NO5S/c1-10-11(13(15)16)6-4-7-12(10)20(17,18)14(2)8-5-9-19-3/h4,6-7H,5,8-9H2,1-3H3,(H,15,16). The largest absolute Gasteiger partial charge is 0.478 e. The Morgan fingerprint density at radius 2 is 2.05 bits per heavy atom. The molecular weight excluding hydrogens is 282 g/mol. The van der Waals surface area contributed by atoms with Gasteiger partial charge in [0.15, 0.2) is 0 Å². The predicted molar refractivity (Wildman–Crippen MR) is 74.4 cm³/mol. The van der Waals surface area contributed by atoms with Crippen molar-refractivity contribution in [2.75, 3.05) is 27.3 Å². The van der Waals surface area contributed by atoms with Gasteiger partial charge in [0.05, 0.1) is 10.5 Å². The van der Waals surface area contributed by atoms with E-state index in [1.54, 1.807) is 7.11 Å². The molecule has 0 saturated heterocycles. The van der Waals surface area contributed by atoms with Gasteiger partial charge in [-0.15, -0.1) is 0 Å². The van der Waals surface area contributed by atoms with Crippen molar-refractivity contribution in [3.05, 3.63) is 29.3 Å². The average Bonchev–Trinajstić information content (AvgIpc) is 2.38. The third-order valence-corrected chi connectivity index (χ3v) is 5.03. The smallest absolute Gasteiger partial charge is 0.335 e. The summed E-state index contributed by atoms with van der Waals surface area (Å²) >= 11 is 0. The third kappa shape index (κ3) is 3.56. The molecule has 0 aliphatic carbocycles. The second-order valence-electron chi connectivity index (χ2n) is 4.41. The monoisotopic (exact) mass is 301 g/mol. The summed E-state index contributed by atoms with van der Waals surface area (Å²) in [6.07, 6.45) is 0.573. The Morgan fingerprint density at radius 1 is 1.40 bits per heavy atom. The molecule has 0 aromatic heterocycles. The van der Waals surface area contributed by atoms with E-state index in [0.29, 0.717) is 19.6 Å². The lowest BCUT2D eigenvalue weighted by molar-refractivity contribution is 0.0696. The van der Waals surface area contributed by atoms with Crippen molar-refractivity contribution in [2.24, 2.45) is 0 Å². The van der Waals surface area contributed by atoms with Crippen LogP contribution in [0.2, 0.25) is 0 Å². The number of sulfonamides is 1. The molecule has 0 bridgehead atoms. The highest BCUT2D eigenvalue weighted by Crippen LogP contribution is 2.22. The maximum absolute atomic E-state index is 12.4. The molecule has 0 aliphatic heterocycles. The lowest BCUT2D eigenvalue weighted by atomic mass is 10.1. The summed E-state index contributed by atoms with van der Waals surface area (Å²) in [5, 5.41) is 9.04. The molecule has 6 nitrogen and oxygen atoms in total. The Kier molecular flexibility index (Phi) is 5.67. The fourth-order valence-corrected chi connectivity index (χ4v) is 3.30. The molecular formula is C13H19NO5S. The summed E-state index contributed by atoms with van der Waals surface area (Å²) in [7, 11) is -0.671.